The Hall–Kier alpha value is -3.42. The van der Waals surface area contributed by atoms with Crippen LogP contribution in [0.2, 0.25) is 0 Å². The van der Waals surface area contributed by atoms with E-state index in [0.717, 1.165) is 17.0 Å². The minimum absolute atomic E-state index is 0.0398. The number of aromatic carboxylic acids is 1. The zero-order valence-electron chi connectivity index (χ0n) is 16.3. The van der Waals surface area contributed by atoms with E-state index in [1.54, 1.807) is 6.92 Å². The van der Waals surface area contributed by atoms with Gasteiger partial charge < -0.3 is 10.4 Å². The SMILES string of the molecule is Cc1cccc(Cn2nc(C)c(NC(=O)C(C)n3cc(C(=O)O)cn3)c2C)c1. The van der Waals surface area contributed by atoms with E-state index < -0.39 is 12.0 Å². The highest BCUT2D eigenvalue weighted by atomic mass is 16.4. The number of amides is 1. The first kappa shape index (κ1) is 19.3. The summed E-state index contributed by atoms with van der Waals surface area (Å²) in [6, 6.07) is 7.54. The largest absolute Gasteiger partial charge is 0.478 e. The van der Waals surface area contributed by atoms with Crippen LogP contribution in [0.3, 0.4) is 0 Å². The molecule has 3 aromatic rings. The first-order chi connectivity index (χ1) is 13.3. The number of carbonyl (C=O) groups is 2. The monoisotopic (exact) mass is 381 g/mol. The molecule has 146 valence electrons. The first-order valence-electron chi connectivity index (χ1n) is 8.94. The van der Waals surface area contributed by atoms with Crippen molar-refractivity contribution in [2.75, 3.05) is 5.32 Å². The fourth-order valence-electron chi connectivity index (χ4n) is 3.02. The highest BCUT2D eigenvalue weighted by molar-refractivity contribution is 5.94. The Labute approximate surface area is 162 Å². The molecule has 0 aliphatic carbocycles. The van der Waals surface area contributed by atoms with Gasteiger partial charge in [0.25, 0.3) is 0 Å². The normalized spacial score (nSPS) is 12.0. The molecule has 1 amide bonds. The van der Waals surface area contributed by atoms with E-state index in [-0.39, 0.29) is 11.5 Å². The lowest BCUT2D eigenvalue weighted by Crippen LogP contribution is -2.24. The van der Waals surface area contributed by atoms with Crippen molar-refractivity contribution in [2.24, 2.45) is 0 Å². The summed E-state index contributed by atoms with van der Waals surface area (Å²) in [5.41, 5.74) is 4.59. The molecule has 0 saturated heterocycles. The summed E-state index contributed by atoms with van der Waals surface area (Å²) in [6.45, 7) is 8.07. The molecule has 0 aliphatic rings. The van der Waals surface area contributed by atoms with Gasteiger partial charge in [-0.1, -0.05) is 29.8 Å². The lowest BCUT2D eigenvalue weighted by molar-refractivity contribution is -0.119. The number of rotatable bonds is 6. The molecule has 2 aromatic heterocycles. The maximum Gasteiger partial charge on any atom is 0.338 e. The van der Waals surface area contributed by atoms with Gasteiger partial charge in [0.2, 0.25) is 5.91 Å². The van der Waals surface area contributed by atoms with Crippen LogP contribution in [0.25, 0.3) is 0 Å². The minimum atomic E-state index is -1.08. The molecule has 0 bridgehead atoms. The van der Waals surface area contributed by atoms with Crippen LogP contribution in [0.15, 0.2) is 36.7 Å². The third kappa shape index (κ3) is 3.95. The lowest BCUT2D eigenvalue weighted by Gasteiger charge is -2.13. The molecule has 2 heterocycles. The van der Waals surface area contributed by atoms with E-state index in [0.29, 0.717) is 12.2 Å². The standard InChI is InChI=1S/C20H23N5O3/c1-12-6-5-7-16(8-12)10-25-14(3)18(13(2)23-25)22-19(26)15(4)24-11-17(9-21-24)20(27)28/h5-9,11,15H,10H2,1-4H3,(H,22,26)(H,27,28). The predicted octanol–water partition coefficient (Wildman–Crippen LogP) is 2.95. The second kappa shape index (κ2) is 7.67. The third-order valence-corrected chi connectivity index (χ3v) is 4.67. The summed E-state index contributed by atoms with van der Waals surface area (Å²) in [5.74, 6) is -1.37. The highest BCUT2D eigenvalue weighted by Gasteiger charge is 2.21. The van der Waals surface area contributed by atoms with Gasteiger partial charge in [-0.2, -0.15) is 10.2 Å². The number of nitrogens with one attached hydrogen (secondary N) is 1. The molecule has 8 nitrogen and oxygen atoms in total. The Bertz CT molecular complexity index is 1030. The molecular formula is C20H23N5O3. The average molecular weight is 381 g/mol. The number of hydrogen-bond acceptors (Lipinski definition) is 4. The van der Waals surface area contributed by atoms with Crippen LogP contribution in [0.1, 0.15) is 45.8 Å². The Kier molecular flexibility index (Phi) is 5.30. The molecule has 0 saturated carbocycles. The van der Waals surface area contributed by atoms with Crippen molar-refractivity contribution >= 4 is 17.6 Å². The van der Waals surface area contributed by atoms with E-state index >= 15 is 0 Å². The van der Waals surface area contributed by atoms with Gasteiger partial charge in [-0.05, 0) is 33.3 Å². The molecule has 2 N–H and O–H groups in total. The van der Waals surface area contributed by atoms with Crippen LogP contribution in [0.4, 0.5) is 5.69 Å². The Balaban J connectivity index is 1.77. The fraction of sp³-hybridized carbons (Fsp3) is 0.300. The second-order valence-corrected chi connectivity index (χ2v) is 6.87. The summed E-state index contributed by atoms with van der Waals surface area (Å²) in [5, 5.41) is 20.4. The van der Waals surface area contributed by atoms with Crippen molar-refractivity contribution in [3.8, 4) is 0 Å². The maximum atomic E-state index is 12.7. The van der Waals surface area contributed by atoms with Gasteiger partial charge in [0.1, 0.15) is 6.04 Å². The molecule has 1 aromatic carbocycles. The number of hydrogen-bond donors (Lipinski definition) is 2. The summed E-state index contributed by atoms with van der Waals surface area (Å²) in [7, 11) is 0. The smallest absolute Gasteiger partial charge is 0.338 e. The predicted molar refractivity (Wildman–Crippen MR) is 105 cm³/mol. The van der Waals surface area contributed by atoms with Gasteiger partial charge in [-0.25, -0.2) is 4.79 Å². The molecule has 1 atom stereocenters. The molecule has 1 unspecified atom stereocenters. The number of anilines is 1. The number of carboxylic acids is 1. The molecule has 0 aliphatic heterocycles. The van der Waals surface area contributed by atoms with E-state index in [4.69, 9.17) is 5.11 Å². The molecule has 0 fully saturated rings. The van der Waals surface area contributed by atoms with E-state index in [1.807, 2.05) is 43.7 Å². The fourth-order valence-corrected chi connectivity index (χ4v) is 3.02. The van der Waals surface area contributed by atoms with Gasteiger partial charge in [-0.15, -0.1) is 0 Å². The minimum Gasteiger partial charge on any atom is -0.478 e. The number of aryl methyl sites for hydroxylation is 2. The average Bonchev–Trinajstić information content (AvgIpc) is 3.23. The summed E-state index contributed by atoms with van der Waals surface area (Å²) < 4.78 is 3.20. The number of nitrogens with zero attached hydrogens (tertiary/aromatic N) is 4. The topological polar surface area (TPSA) is 102 Å². The molecule has 8 heteroatoms. The Morgan fingerprint density at radius 3 is 2.64 bits per heavy atom. The van der Waals surface area contributed by atoms with Crippen LogP contribution in [-0.2, 0) is 11.3 Å². The van der Waals surface area contributed by atoms with Crippen molar-refractivity contribution in [1.29, 1.82) is 0 Å². The van der Waals surface area contributed by atoms with E-state index in [2.05, 4.69) is 21.6 Å². The van der Waals surface area contributed by atoms with Crippen LogP contribution in [-0.4, -0.2) is 36.5 Å². The maximum absolute atomic E-state index is 12.7. The van der Waals surface area contributed by atoms with Gasteiger partial charge in [0.15, 0.2) is 0 Å². The van der Waals surface area contributed by atoms with E-state index in [9.17, 15) is 9.59 Å². The number of carbonyl (C=O) groups excluding carboxylic acids is 1. The van der Waals surface area contributed by atoms with Crippen molar-refractivity contribution in [3.05, 3.63) is 64.7 Å². The molecule has 0 spiro atoms. The summed E-state index contributed by atoms with van der Waals surface area (Å²) >= 11 is 0. The number of aromatic nitrogens is 4. The zero-order chi connectivity index (χ0) is 20.4. The summed E-state index contributed by atoms with van der Waals surface area (Å²) in [4.78, 5) is 23.6. The summed E-state index contributed by atoms with van der Waals surface area (Å²) in [6.07, 6.45) is 2.57. The zero-order valence-corrected chi connectivity index (χ0v) is 16.3. The second-order valence-electron chi connectivity index (χ2n) is 6.87. The van der Waals surface area contributed by atoms with Gasteiger partial charge >= 0.3 is 5.97 Å². The van der Waals surface area contributed by atoms with Gasteiger partial charge in [-0.3, -0.25) is 14.2 Å². The van der Waals surface area contributed by atoms with Crippen LogP contribution < -0.4 is 5.32 Å². The number of benzene rings is 1. The van der Waals surface area contributed by atoms with Gasteiger partial charge in [0, 0.05) is 6.20 Å². The molecular weight excluding hydrogens is 358 g/mol. The van der Waals surface area contributed by atoms with Crippen LogP contribution in [0, 0.1) is 20.8 Å². The quantitative estimate of drug-likeness (QED) is 0.683. The van der Waals surface area contributed by atoms with Crippen LogP contribution >= 0.6 is 0 Å². The molecule has 28 heavy (non-hydrogen) atoms. The van der Waals surface area contributed by atoms with Crippen molar-refractivity contribution in [3.63, 3.8) is 0 Å². The van der Waals surface area contributed by atoms with Crippen molar-refractivity contribution < 1.29 is 14.7 Å². The first-order valence-corrected chi connectivity index (χ1v) is 8.94. The molecule has 0 radical (unpaired) electrons. The van der Waals surface area contributed by atoms with Crippen molar-refractivity contribution in [1.82, 2.24) is 19.6 Å². The lowest BCUT2D eigenvalue weighted by atomic mass is 10.1. The third-order valence-electron chi connectivity index (χ3n) is 4.67. The Morgan fingerprint density at radius 2 is 2.00 bits per heavy atom. The number of carboxylic acid groups (broad SMARTS) is 1. The van der Waals surface area contributed by atoms with E-state index in [1.165, 1.54) is 22.6 Å². The van der Waals surface area contributed by atoms with Crippen molar-refractivity contribution in [2.45, 2.75) is 40.3 Å². The highest BCUT2D eigenvalue weighted by Crippen LogP contribution is 2.22. The van der Waals surface area contributed by atoms with Gasteiger partial charge in [0.05, 0.1) is 35.4 Å². The molecule has 3 rings (SSSR count). The van der Waals surface area contributed by atoms with Crippen LogP contribution in [0.5, 0.6) is 0 Å². The Morgan fingerprint density at radius 1 is 1.25 bits per heavy atom.